The van der Waals surface area contributed by atoms with Gasteiger partial charge >= 0.3 is 12.0 Å². The highest BCUT2D eigenvalue weighted by Crippen LogP contribution is 2.22. The Morgan fingerprint density at radius 2 is 2.08 bits per heavy atom. The summed E-state index contributed by atoms with van der Waals surface area (Å²) in [6, 6.07) is 5.77. The van der Waals surface area contributed by atoms with Crippen molar-refractivity contribution < 1.29 is 19.4 Å². The third kappa shape index (κ3) is 5.37. The smallest absolute Gasteiger partial charge is 0.317 e. The molecule has 0 aliphatic carbocycles. The van der Waals surface area contributed by atoms with E-state index in [-0.39, 0.29) is 18.5 Å². The number of hydrogen-bond donors (Lipinski definition) is 2. The van der Waals surface area contributed by atoms with Gasteiger partial charge in [-0.05, 0) is 49.8 Å². The van der Waals surface area contributed by atoms with Crippen molar-refractivity contribution in [2.75, 3.05) is 26.2 Å². The molecule has 25 heavy (non-hydrogen) atoms. The summed E-state index contributed by atoms with van der Waals surface area (Å²) in [4.78, 5) is 25.0. The van der Waals surface area contributed by atoms with Gasteiger partial charge in [-0.25, -0.2) is 4.79 Å². The lowest BCUT2D eigenvalue weighted by Crippen LogP contribution is -2.49. The third-order valence-electron chi connectivity index (χ3n) is 4.71. The molecule has 138 valence electrons. The van der Waals surface area contributed by atoms with E-state index >= 15 is 0 Å². The molecule has 2 unspecified atom stereocenters. The number of aliphatic carboxylic acids is 1. The molecular weight excluding hydrogens is 320 g/mol. The topological polar surface area (TPSA) is 78.9 Å². The molecule has 2 amide bonds. The van der Waals surface area contributed by atoms with Crippen LogP contribution in [0.15, 0.2) is 18.2 Å². The molecule has 1 aliphatic heterocycles. The second-order valence-electron chi connectivity index (χ2n) is 6.91. The Morgan fingerprint density at radius 3 is 2.80 bits per heavy atom. The first kappa shape index (κ1) is 19.1. The minimum absolute atomic E-state index is 0.190. The van der Waals surface area contributed by atoms with Crippen molar-refractivity contribution in [1.82, 2.24) is 10.2 Å². The maximum Gasteiger partial charge on any atom is 0.317 e. The number of carbonyl (C=O) groups is 2. The molecular formula is C19H28N2O4. The first-order valence-electron chi connectivity index (χ1n) is 8.83. The second-order valence-corrected chi connectivity index (χ2v) is 6.91. The summed E-state index contributed by atoms with van der Waals surface area (Å²) >= 11 is 0. The number of hydrogen-bond acceptors (Lipinski definition) is 3. The van der Waals surface area contributed by atoms with Crippen molar-refractivity contribution in [1.29, 1.82) is 0 Å². The van der Waals surface area contributed by atoms with Crippen LogP contribution in [0.5, 0.6) is 5.75 Å². The van der Waals surface area contributed by atoms with Gasteiger partial charge in [0.05, 0.1) is 12.5 Å². The van der Waals surface area contributed by atoms with E-state index in [2.05, 4.69) is 5.32 Å². The van der Waals surface area contributed by atoms with Crippen molar-refractivity contribution in [3.63, 3.8) is 0 Å². The zero-order valence-corrected chi connectivity index (χ0v) is 15.2. The lowest BCUT2D eigenvalue weighted by atomic mass is 9.91. The molecule has 0 spiro atoms. The molecule has 6 nitrogen and oxygen atoms in total. The minimum Gasteiger partial charge on any atom is -0.493 e. The number of piperidine rings is 1. The van der Waals surface area contributed by atoms with Gasteiger partial charge in [0, 0.05) is 19.6 Å². The number of rotatable bonds is 6. The van der Waals surface area contributed by atoms with Gasteiger partial charge in [0.15, 0.2) is 0 Å². The molecule has 1 fully saturated rings. The molecule has 1 aromatic carbocycles. The quantitative estimate of drug-likeness (QED) is 0.775. The largest absolute Gasteiger partial charge is 0.493 e. The first-order chi connectivity index (χ1) is 11.9. The molecule has 2 N–H and O–H groups in total. The summed E-state index contributed by atoms with van der Waals surface area (Å²) in [5, 5.41) is 12.0. The standard InChI is InChI=1S/C19H28N2O4/c1-13-10-16(18(22)23)12-21(11-13)19(24)20-8-5-9-25-17-7-4-6-14(2)15(17)3/h4,6-7,13,16H,5,8-12H2,1-3H3,(H,20,24)(H,22,23). The Morgan fingerprint density at radius 1 is 1.32 bits per heavy atom. The van der Waals surface area contributed by atoms with Crippen LogP contribution in [0.3, 0.4) is 0 Å². The third-order valence-corrected chi connectivity index (χ3v) is 4.71. The molecule has 1 aromatic rings. The Kier molecular flexibility index (Phi) is 6.67. The van der Waals surface area contributed by atoms with Crippen LogP contribution in [0.25, 0.3) is 0 Å². The fraction of sp³-hybridized carbons (Fsp3) is 0.579. The van der Waals surface area contributed by atoms with Crippen LogP contribution in [-0.2, 0) is 4.79 Å². The number of carboxylic acid groups (broad SMARTS) is 1. The number of carboxylic acids is 1. The zero-order valence-electron chi connectivity index (χ0n) is 15.2. The van der Waals surface area contributed by atoms with E-state index in [0.717, 1.165) is 11.3 Å². The van der Waals surface area contributed by atoms with Crippen LogP contribution in [0.1, 0.15) is 30.9 Å². The van der Waals surface area contributed by atoms with Gasteiger partial charge in [0.1, 0.15) is 5.75 Å². The molecule has 1 aliphatic rings. The van der Waals surface area contributed by atoms with E-state index < -0.39 is 11.9 Å². The lowest BCUT2D eigenvalue weighted by molar-refractivity contribution is -0.143. The highest BCUT2D eigenvalue weighted by molar-refractivity contribution is 5.76. The number of urea groups is 1. The normalized spacial score (nSPS) is 20.2. The number of nitrogens with one attached hydrogen (secondary N) is 1. The van der Waals surface area contributed by atoms with E-state index in [0.29, 0.717) is 32.5 Å². The van der Waals surface area contributed by atoms with Crippen molar-refractivity contribution in [2.45, 2.75) is 33.6 Å². The highest BCUT2D eigenvalue weighted by Gasteiger charge is 2.31. The Balaban J connectivity index is 1.71. The number of nitrogens with zero attached hydrogens (tertiary/aromatic N) is 1. The van der Waals surface area contributed by atoms with E-state index in [1.54, 1.807) is 4.90 Å². The fourth-order valence-corrected chi connectivity index (χ4v) is 3.14. The number of likely N-dealkylation sites (tertiary alicyclic amines) is 1. The lowest BCUT2D eigenvalue weighted by Gasteiger charge is -2.34. The minimum atomic E-state index is -0.828. The second kappa shape index (κ2) is 8.74. The van der Waals surface area contributed by atoms with Crippen LogP contribution in [-0.4, -0.2) is 48.2 Å². The van der Waals surface area contributed by atoms with E-state index in [4.69, 9.17) is 4.74 Å². The van der Waals surface area contributed by atoms with Crippen LogP contribution >= 0.6 is 0 Å². The van der Waals surface area contributed by atoms with Gasteiger partial charge in [0.2, 0.25) is 0 Å². The summed E-state index contributed by atoms with van der Waals surface area (Å²) in [6.07, 6.45) is 1.33. The molecule has 0 saturated carbocycles. The number of carbonyl (C=O) groups excluding carboxylic acids is 1. The van der Waals surface area contributed by atoms with Gasteiger partial charge in [0.25, 0.3) is 0 Å². The summed E-state index contributed by atoms with van der Waals surface area (Å²) in [6.45, 7) is 7.98. The van der Waals surface area contributed by atoms with Crippen molar-refractivity contribution >= 4 is 12.0 Å². The molecule has 1 heterocycles. The average molecular weight is 348 g/mol. The Labute approximate surface area is 149 Å². The van der Waals surface area contributed by atoms with Crippen molar-refractivity contribution in [2.24, 2.45) is 11.8 Å². The van der Waals surface area contributed by atoms with E-state index in [1.165, 1.54) is 5.56 Å². The predicted molar refractivity (Wildman–Crippen MR) is 95.9 cm³/mol. The van der Waals surface area contributed by atoms with Gasteiger partial charge in [-0.3, -0.25) is 4.79 Å². The van der Waals surface area contributed by atoms with Crippen molar-refractivity contribution in [3.8, 4) is 5.75 Å². The fourth-order valence-electron chi connectivity index (χ4n) is 3.14. The maximum atomic E-state index is 12.2. The maximum absolute atomic E-state index is 12.2. The van der Waals surface area contributed by atoms with Crippen molar-refractivity contribution in [3.05, 3.63) is 29.3 Å². The SMILES string of the molecule is Cc1cccc(OCCCNC(=O)N2CC(C)CC(C(=O)O)C2)c1C. The van der Waals surface area contributed by atoms with E-state index in [1.807, 2.05) is 39.0 Å². The summed E-state index contributed by atoms with van der Waals surface area (Å²) in [5.74, 6) is -0.220. The average Bonchev–Trinajstić information content (AvgIpc) is 2.57. The number of aryl methyl sites for hydroxylation is 1. The van der Waals surface area contributed by atoms with E-state index in [9.17, 15) is 14.7 Å². The first-order valence-corrected chi connectivity index (χ1v) is 8.83. The Hall–Kier alpha value is -2.24. The number of amides is 2. The van der Waals surface area contributed by atoms with Gasteiger partial charge in [-0.1, -0.05) is 19.1 Å². The molecule has 0 aromatic heterocycles. The Bertz CT molecular complexity index is 617. The van der Waals surface area contributed by atoms with Gasteiger partial charge in [-0.2, -0.15) is 0 Å². The molecule has 0 radical (unpaired) electrons. The molecule has 6 heteroatoms. The van der Waals surface area contributed by atoms with Crippen LogP contribution in [0, 0.1) is 25.7 Å². The van der Waals surface area contributed by atoms with Crippen LogP contribution in [0.4, 0.5) is 4.79 Å². The molecule has 2 atom stereocenters. The van der Waals surface area contributed by atoms with Crippen LogP contribution in [0.2, 0.25) is 0 Å². The molecule has 1 saturated heterocycles. The number of benzene rings is 1. The summed E-state index contributed by atoms with van der Waals surface area (Å²) in [7, 11) is 0. The van der Waals surface area contributed by atoms with Gasteiger partial charge in [-0.15, -0.1) is 0 Å². The summed E-state index contributed by atoms with van der Waals surface area (Å²) in [5.41, 5.74) is 2.33. The van der Waals surface area contributed by atoms with Crippen LogP contribution < -0.4 is 10.1 Å². The zero-order chi connectivity index (χ0) is 18.4. The highest BCUT2D eigenvalue weighted by atomic mass is 16.5. The van der Waals surface area contributed by atoms with Gasteiger partial charge < -0.3 is 20.1 Å². The summed E-state index contributed by atoms with van der Waals surface area (Å²) < 4.78 is 5.77. The predicted octanol–water partition coefficient (Wildman–Crippen LogP) is 2.82. The molecule has 0 bridgehead atoms. The number of ether oxygens (including phenoxy) is 1. The monoisotopic (exact) mass is 348 g/mol. The molecule has 2 rings (SSSR count).